The molecule has 1 aromatic heterocycles. The number of nitrogens with zero attached hydrogens (tertiary/aromatic N) is 2. The summed E-state index contributed by atoms with van der Waals surface area (Å²) in [5, 5.41) is 0. The van der Waals surface area contributed by atoms with Crippen LogP contribution in [-0.2, 0) is 5.41 Å². The first-order valence-corrected chi connectivity index (χ1v) is 15.2. The van der Waals surface area contributed by atoms with Crippen molar-refractivity contribution in [1.29, 1.82) is 0 Å². The van der Waals surface area contributed by atoms with Crippen molar-refractivity contribution in [2.45, 2.75) is 11.3 Å². The Balaban J connectivity index is 1.34. The summed E-state index contributed by atoms with van der Waals surface area (Å²) in [5.41, 5.74) is 13.6. The van der Waals surface area contributed by atoms with Crippen molar-refractivity contribution in [3.05, 3.63) is 203 Å². The molecule has 10 rings (SSSR count). The van der Waals surface area contributed by atoms with Gasteiger partial charge in [0.05, 0.1) is 11.4 Å². The molecule has 206 valence electrons. The van der Waals surface area contributed by atoms with Crippen LogP contribution in [0.1, 0.15) is 45.1 Å². The first kappa shape index (κ1) is 24.9. The molecule has 3 aliphatic rings. The largest absolute Gasteiger partial charge is 0.231 e. The Bertz CT molecular complexity index is 2050. The topological polar surface area (TPSA) is 25.8 Å². The predicted molar refractivity (Wildman–Crippen MR) is 178 cm³/mol. The second kappa shape index (κ2) is 9.72. The molecule has 2 bridgehead atoms. The van der Waals surface area contributed by atoms with Gasteiger partial charge < -0.3 is 0 Å². The van der Waals surface area contributed by atoms with Crippen LogP contribution in [0.4, 0.5) is 0 Å². The lowest BCUT2D eigenvalue weighted by molar-refractivity contribution is 0.594. The third kappa shape index (κ3) is 3.55. The third-order valence-corrected chi connectivity index (χ3v) is 9.45. The van der Waals surface area contributed by atoms with E-state index in [9.17, 15) is 0 Å². The normalized spacial score (nSPS) is 17.4. The minimum absolute atomic E-state index is 0.197. The lowest BCUT2D eigenvalue weighted by Crippen LogP contribution is -2.44. The van der Waals surface area contributed by atoms with Crippen molar-refractivity contribution < 1.29 is 0 Å². The molecule has 3 aliphatic carbocycles. The van der Waals surface area contributed by atoms with E-state index in [0.29, 0.717) is 0 Å². The molecule has 0 amide bonds. The Kier molecular flexibility index (Phi) is 5.51. The van der Waals surface area contributed by atoms with Gasteiger partial charge in [-0.3, -0.25) is 0 Å². The van der Waals surface area contributed by atoms with Crippen LogP contribution in [0.15, 0.2) is 164 Å². The number of hydrogen-bond donors (Lipinski definition) is 0. The fraction of sp³-hybridized carbons (Fsp3) is 0.0476. The van der Waals surface area contributed by atoms with E-state index in [4.69, 9.17) is 9.97 Å². The third-order valence-electron chi connectivity index (χ3n) is 9.45. The molecule has 0 N–H and O–H groups in total. The Morgan fingerprint density at radius 3 is 1.23 bits per heavy atom. The maximum absolute atomic E-state index is 5.51. The van der Waals surface area contributed by atoms with Crippen LogP contribution < -0.4 is 0 Å². The predicted octanol–water partition coefficient (Wildman–Crippen LogP) is 9.67. The monoisotopic (exact) mass is 560 g/mol. The fourth-order valence-electron chi connectivity index (χ4n) is 7.55. The van der Waals surface area contributed by atoms with Crippen LogP contribution in [0.5, 0.6) is 0 Å². The fourth-order valence-corrected chi connectivity index (χ4v) is 7.55. The first-order valence-electron chi connectivity index (χ1n) is 15.2. The Labute approximate surface area is 257 Å². The van der Waals surface area contributed by atoms with Gasteiger partial charge in [-0.1, -0.05) is 158 Å². The molecule has 7 aromatic rings. The van der Waals surface area contributed by atoms with Gasteiger partial charge in [-0.15, -0.1) is 0 Å². The van der Waals surface area contributed by atoms with E-state index in [1.165, 1.54) is 44.5 Å². The smallest absolute Gasteiger partial charge is 0.149 e. The summed E-state index contributed by atoms with van der Waals surface area (Å²) < 4.78 is 0. The lowest BCUT2D eigenvalue weighted by atomic mass is 9.52. The molecule has 2 nitrogen and oxygen atoms in total. The molecular weight excluding hydrogens is 532 g/mol. The molecule has 6 aromatic carbocycles. The maximum atomic E-state index is 5.51. The average molecular weight is 561 g/mol. The van der Waals surface area contributed by atoms with Gasteiger partial charge in [-0.05, 0) is 50.6 Å². The summed E-state index contributed by atoms with van der Waals surface area (Å²) in [6, 6.07) is 58.7. The van der Waals surface area contributed by atoms with E-state index >= 15 is 0 Å². The summed E-state index contributed by atoms with van der Waals surface area (Å²) in [7, 11) is 0. The molecule has 0 spiro atoms. The van der Waals surface area contributed by atoms with Gasteiger partial charge in [0, 0.05) is 17.0 Å². The van der Waals surface area contributed by atoms with E-state index in [0.717, 1.165) is 28.3 Å². The Hall–Kier alpha value is -5.60. The Morgan fingerprint density at radius 1 is 0.364 bits per heavy atom. The van der Waals surface area contributed by atoms with Crippen molar-refractivity contribution in [3.63, 3.8) is 0 Å². The molecule has 1 heterocycles. The number of aromatic nitrogens is 2. The highest BCUT2D eigenvalue weighted by atomic mass is 14.9. The van der Waals surface area contributed by atoms with Crippen LogP contribution >= 0.6 is 0 Å². The second-order valence-electron chi connectivity index (χ2n) is 11.7. The molecule has 0 atom stereocenters. The number of benzene rings is 6. The quantitative estimate of drug-likeness (QED) is 0.214. The van der Waals surface area contributed by atoms with Gasteiger partial charge in [0.1, 0.15) is 11.2 Å². The Morgan fingerprint density at radius 2 is 0.727 bits per heavy atom. The van der Waals surface area contributed by atoms with Crippen LogP contribution in [-0.4, -0.2) is 9.97 Å². The van der Waals surface area contributed by atoms with Gasteiger partial charge >= 0.3 is 0 Å². The first-order chi connectivity index (χ1) is 21.8. The average Bonchev–Trinajstić information content (AvgIpc) is 3.12. The number of rotatable bonds is 4. The highest BCUT2D eigenvalue weighted by Gasteiger charge is 2.54. The zero-order valence-electron chi connectivity index (χ0n) is 24.1. The molecule has 0 unspecified atom stereocenters. The molecule has 0 radical (unpaired) electrons. The van der Waals surface area contributed by atoms with E-state index in [1.807, 2.05) is 0 Å². The van der Waals surface area contributed by atoms with E-state index in [1.54, 1.807) is 0 Å². The van der Waals surface area contributed by atoms with Gasteiger partial charge in [0.2, 0.25) is 0 Å². The highest BCUT2D eigenvalue weighted by Crippen LogP contribution is 2.61. The van der Waals surface area contributed by atoms with Gasteiger partial charge in [0.15, 0.2) is 0 Å². The summed E-state index contributed by atoms with van der Waals surface area (Å²) >= 11 is 0. The molecule has 44 heavy (non-hydrogen) atoms. The van der Waals surface area contributed by atoms with E-state index in [2.05, 4.69) is 164 Å². The summed E-state index contributed by atoms with van der Waals surface area (Å²) in [4.78, 5) is 11.0. The van der Waals surface area contributed by atoms with Crippen LogP contribution in [0.25, 0.3) is 33.6 Å². The summed E-state index contributed by atoms with van der Waals surface area (Å²) in [5.74, 6) is 1.01. The lowest BCUT2D eigenvalue weighted by Gasteiger charge is -2.49. The van der Waals surface area contributed by atoms with Crippen LogP contribution in [0, 0.1) is 0 Å². The van der Waals surface area contributed by atoms with Crippen LogP contribution in [0.2, 0.25) is 0 Å². The van der Waals surface area contributed by atoms with Gasteiger partial charge in [-0.2, -0.15) is 0 Å². The number of hydrogen-bond acceptors (Lipinski definition) is 2. The zero-order valence-corrected chi connectivity index (χ0v) is 24.1. The SMILES string of the molecule is c1ccc(-c2ccc(-c3cc(-c4ccccc4)nc(C45c6ccccc6C(c6ccccc64)c4ccccc45)n3)cc2)cc1. The zero-order chi connectivity index (χ0) is 29.1. The van der Waals surface area contributed by atoms with Crippen molar-refractivity contribution in [1.82, 2.24) is 9.97 Å². The highest BCUT2D eigenvalue weighted by molar-refractivity contribution is 5.77. The van der Waals surface area contributed by atoms with E-state index < -0.39 is 5.41 Å². The van der Waals surface area contributed by atoms with Crippen LogP contribution in [0.3, 0.4) is 0 Å². The minimum atomic E-state index is -0.637. The molecule has 2 heteroatoms. The molecular formula is C42H28N2. The summed E-state index contributed by atoms with van der Waals surface area (Å²) in [6.45, 7) is 0. The second-order valence-corrected chi connectivity index (χ2v) is 11.7. The van der Waals surface area contributed by atoms with Crippen molar-refractivity contribution in [2.24, 2.45) is 0 Å². The van der Waals surface area contributed by atoms with Crippen molar-refractivity contribution in [2.75, 3.05) is 0 Å². The molecule has 0 fully saturated rings. The summed E-state index contributed by atoms with van der Waals surface area (Å²) in [6.07, 6.45) is 0. The van der Waals surface area contributed by atoms with Crippen molar-refractivity contribution in [3.8, 4) is 33.6 Å². The van der Waals surface area contributed by atoms with E-state index in [-0.39, 0.29) is 5.92 Å². The maximum Gasteiger partial charge on any atom is 0.149 e. The molecule has 0 saturated heterocycles. The standard InChI is InChI=1S/C42H28N2/c1-3-13-28(14-4-1)29-23-25-31(26-24-29)39-27-38(30-15-5-2-6-16-30)43-41(44-39)42-35-20-10-7-17-32(35)40(33-18-8-11-21-36(33)42)34-19-9-12-22-37(34)42/h1-27,40H. The minimum Gasteiger partial charge on any atom is -0.231 e. The van der Waals surface area contributed by atoms with Crippen molar-refractivity contribution >= 4 is 0 Å². The molecule has 0 aliphatic heterocycles. The van der Waals surface area contributed by atoms with Gasteiger partial charge in [0.25, 0.3) is 0 Å². The van der Waals surface area contributed by atoms with Gasteiger partial charge in [-0.25, -0.2) is 9.97 Å². The molecule has 0 saturated carbocycles.